The summed E-state index contributed by atoms with van der Waals surface area (Å²) in [6.07, 6.45) is 1.05. The Hall–Kier alpha value is -10.6. The highest BCUT2D eigenvalue weighted by atomic mass is 33.1. The van der Waals surface area contributed by atoms with E-state index in [-0.39, 0.29) is 131 Å². The summed E-state index contributed by atoms with van der Waals surface area (Å²) < 4.78 is 10.9. The number of esters is 1. The summed E-state index contributed by atoms with van der Waals surface area (Å²) in [5, 5.41) is 81.4. The van der Waals surface area contributed by atoms with Crippen LogP contribution in [0.2, 0.25) is 0 Å². The Labute approximate surface area is 683 Å². The zero-order valence-electron chi connectivity index (χ0n) is 66.0. The van der Waals surface area contributed by atoms with E-state index in [1.807, 2.05) is 51.9 Å². The first-order valence-corrected chi connectivity index (χ1v) is 41.6. The molecule has 0 aliphatic carbocycles. The van der Waals surface area contributed by atoms with Gasteiger partial charge in [-0.3, -0.25) is 63.1 Å². The molecular weight excluding hydrogens is 1580 g/mol. The van der Waals surface area contributed by atoms with Gasteiger partial charge in [-0.2, -0.15) is 0 Å². The van der Waals surface area contributed by atoms with Crippen molar-refractivity contribution in [1.82, 2.24) is 73.5 Å². The number of hydrazine groups is 1. The van der Waals surface area contributed by atoms with E-state index >= 15 is 0 Å². The number of hydrogen-bond donors (Lipinski definition) is 17. The molecular formula is C75H110N14O24S3. The second-order valence-corrected chi connectivity index (χ2v) is 31.9. The van der Waals surface area contributed by atoms with E-state index in [2.05, 4.69) is 58.4 Å². The number of ether oxygens (including phenoxy) is 2. The number of carboxylic acids is 5. The highest BCUT2D eigenvalue weighted by molar-refractivity contribution is 8.76. The molecule has 41 heteroatoms. The molecule has 1 aliphatic heterocycles. The fraction of sp³-hybridized carbons (Fsp3) is 0.587. The number of phenolic OH excluding ortho intramolecular Hbond substituents is 1. The number of carbonyl (C=O) groups excluding carboxylic acids is 11. The normalized spacial score (nSPS) is 14.9. The van der Waals surface area contributed by atoms with E-state index in [0.29, 0.717) is 48.2 Å². The topological polar surface area (TPSA) is 565 Å². The number of rotatable bonds is 52. The number of amides is 12. The van der Waals surface area contributed by atoms with Crippen molar-refractivity contribution in [3.63, 3.8) is 0 Å². The van der Waals surface area contributed by atoms with Gasteiger partial charge in [0.15, 0.2) is 6.73 Å². The predicted molar refractivity (Wildman–Crippen MR) is 425 cm³/mol. The number of carbonyl (C=O) groups is 16. The Kier molecular flexibility index (Phi) is 43.9. The largest absolute Gasteiger partial charge is 0.508 e. The second kappa shape index (κ2) is 52.1. The van der Waals surface area contributed by atoms with Gasteiger partial charge in [0.25, 0.3) is 5.91 Å². The highest BCUT2D eigenvalue weighted by Crippen LogP contribution is 2.26. The molecule has 0 saturated carbocycles. The average molecular weight is 1690 g/mol. The number of thiazole rings is 1. The quantitative estimate of drug-likeness (QED) is 0.0126. The predicted octanol–water partition coefficient (Wildman–Crippen LogP) is 3.77. The molecule has 38 nitrogen and oxygen atoms in total. The average Bonchev–Trinajstić information content (AvgIpc) is 1.02. The van der Waals surface area contributed by atoms with Crippen molar-refractivity contribution in [2.24, 2.45) is 17.8 Å². The number of aliphatic carboxylic acids is 5. The number of aromatic nitrogens is 1. The highest BCUT2D eigenvalue weighted by Gasteiger charge is 2.39. The van der Waals surface area contributed by atoms with Crippen LogP contribution in [0.25, 0.3) is 0 Å². The molecule has 642 valence electrons. The van der Waals surface area contributed by atoms with Crippen molar-refractivity contribution in [3.05, 3.63) is 81.3 Å². The van der Waals surface area contributed by atoms with Gasteiger partial charge in [-0.1, -0.05) is 112 Å². The van der Waals surface area contributed by atoms with Crippen LogP contribution in [-0.4, -0.2) is 241 Å². The van der Waals surface area contributed by atoms with E-state index < -0.39 is 157 Å². The molecule has 2 aromatic carbocycles. The van der Waals surface area contributed by atoms with Gasteiger partial charge in [0.05, 0.1) is 30.3 Å². The lowest BCUT2D eigenvalue weighted by Gasteiger charge is -2.39. The van der Waals surface area contributed by atoms with Crippen molar-refractivity contribution in [1.29, 1.82) is 0 Å². The summed E-state index contributed by atoms with van der Waals surface area (Å²) in [5.74, 6) is -13.0. The first kappa shape index (κ1) is 97.8. The van der Waals surface area contributed by atoms with Gasteiger partial charge in [0.1, 0.15) is 48.3 Å². The maximum absolute atomic E-state index is 14.8. The molecule has 3 aromatic rings. The van der Waals surface area contributed by atoms with Crippen LogP contribution in [0.1, 0.15) is 170 Å². The van der Waals surface area contributed by atoms with Gasteiger partial charge in [0, 0.05) is 73.8 Å². The minimum Gasteiger partial charge on any atom is -0.508 e. The number of piperidine rings is 1. The van der Waals surface area contributed by atoms with Crippen LogP contribution in [0.4, 0.5) is 14.4 Å². The molecule has 0 radical (unpaired) electrons. The van der Waals surface area contributed by atoms with Crippen LogP contribution < -0.4 is 58.7 Å². The number of nitrogens with zero attached hydrogens (tertiary/aromatic N) is 3. The van der Waals surface area contributed by atoms with E-state index in [1.54, 1.807) is 41.5 Å². The Balaban J connectivity index is 1.20. The summed E-state index contributed by atoms with van der Waals surface area (Å²) in [4.78, 5) is 212. The Bertz CT molecular complexity index is 3780. The fourth-order valence-corrected chi connectivity index (χ4v) is 14.5. The van der Waals surface area contributed by atoms with Crippen LogP contribution in [0.3, 0.4) is 0 Å². The number of likely N-dealkylation sites (tertiary alicyclic amines) is 1. The summed E-state index contributed by atoms with van der Waals surface area (Å²) >= 11 is 1.25. The zero-order chi connectivity index (χ0) is 86.0. The lowest BCUT2D eigenvalue weighted by molar-refractivity contribution is -0.159. The molecule has 1 saturated heterocycles. The van der Waals surface area contributed by atoms with Crippen molar-refractivity contribution in [2.45, 2.75) is 212 Å². The Morgan fingerprint density at radius 3 is 1.90 bits per heavy atom. The smallest absolute Gasteiger partial charge is 0.426 e. The maximum Gasteiger partial charge on any atom is 0.426 e. The maximum atomic E-state index is 14.8. The number of aryl methyl sites for hydroxylation is 1. The minimum atomic E-state index is -1.75. The van der Waals surface area contributed by atoms with Crippen molar-refractivity contribution >= 4 is 128 Å². The molecule has 2 heterocycles. The fourth-order valence-electron chi connectivity index (χ4n) is 12.0. The number of benzene rings is 2. The number of nitrogens with one attached hydrogen (secondary N) is 11. The molecule has 1 aromatic heterocycles. The van der Waals surface area contributed by atoms with Crippen molar-refractivity contribution in [2.75, 3.05) is 51.5 Å². The molecule has 1 aliphatic rings. The number of hydrogen-bond acceptors (Lipinski definition) is 24. The molecule has 4 rings (SSSR count). The summed E-state index contributed by atoms with van der Waals surface area (Å²) in [7, 11) is 4.36. The van der Waals surface area contributed by atoms with E-state index in [1.165, 1.54) is 57.2 Å². The Morgan fingerprint density at radius 2 is 1.28 bits per heavy atom. The number of phenols is 1. The zero-order valence-corrected chi connectivity index (χ0v) is 68.5. The van der Waals surface area contributed by atoms with Gasteiger partial charge in [0.2, 0.25) is 35.4 Å². The van der Waals surface area contributed by atoms with Crippen LogP contribution in [0.15, 0.2) is 53.9 Å². The van der Waals surface area contributed by atoms with Crippen LogP contribution in [-0.2, 0) is 92.8 Å². The summed E-state index contributed by atoms with van der Waals surface area (Å²) in [6.45, 7) is 11.6. The van der Waals surface area contributed by atoms with E-state index in [0.717, 1.165) is 24.9 Å². The first-order chi connectivity index (χ1) is 55.1. The summed E-state index contributed by atoms with van der Waals surface area (Å²) in [5.41, 5.74) is 6.35. The standard InChI is InChI=1S/C75H110N14O24S3/c1-8-14-63(98)113-42-89(70(104)64(44(5)9-2)85-69(103)57-16-11-13-31-88(57)7)56(43(3)4)26-27-59-81-55(41-114-59)68(102)79-49(36-46-21-23-50(90)24-22-46)35-45(6)65(99)86-87-75(111)112-32-34-116-115-33-30-76-66(100)53(38-61(94)95)82-67(101)54(39-62(96)97)80-58(91)37-47-17-19-48(20-18-47)40-78-73(109)77-29-12-10-15-51(71(105)106)83-74(110)84-52(72(107)108)25-28-60(92)93/h17-24,41,43-45,49,51-54,56-57,64,90H,8-16,25-40,42H2,1-7H3,(H,76,100)(H,79,102)(H,80,91)(H,82,101)(H,85,103)(H,86,99)(H,87,111)(H,92,93)(H,94,95)(H,96,97)(H,105,106)(H,107,108)(H2,77,78,109)(H2,83,84,110)/t44?,45-,49+,51-,52-,53+,54+,56+,57+,64-/m0/s1. The first-order valence-electron chi connectivity index (χ1n) is 38.2. The third-order valence-corrected chi connectivity index (χ3v) is 21.9. The number of urea groups is 2. The van der Waals surface area contributed by atoms with Crippen LogP contribution in [0.5, 0.6) is 5.75 Å². The van der Waals surface area contributed by atoms with Gasteiger partial charge in [-0.05, 0) is 118 Å². The second-order valence-electron chi connectivity index (χ2n) is 28.2. The molecule has 1 fully saturated rings. The van der Waals surface area contributed by atoms with Crippen LogP contribution >= 0.6 is 32.9 Å². The molecule has 0 spiro atoms. The van der Waals surface area contributed by atoms with Crippen LogP contribution in [0, 0.1) is 17.8 Å². The van der Waals surface area contributed by atoms with E-state index in [9.17, 15) is 102 Å². The van der Waals surface area contributed by atoms with Gasteiger partial charge < -0.3 is 92.9 Å². The lowest BCUT2D eigenvalue weighted by atomic mass is 9.93. The van der Waals surface area contributed by atoms with Crippen molar-refractivity contribution < 1.29 is 117 Å². The molecule has 17 N–H and O–H groups in total. The number of unbranched alkanes of at least 4 members (excludes halogenated alkanes) is 1. The number of aromatic hydroxyl groups is 1. The van der Waals surface area contributed by atoms with Gasteiger partial charge in [-0.25, -0.2) is 34.4 Å². The van der Waals surface area contributed by atoms with Gasteiger partial charge >= 0.3 is 54.0 Å². The minimum absolute atomic E-state index is 0.0178. The molecule has 12 amide bonds. The SMILES string of the molecule is CCCC(=O)OCN(C(=O)[C@@H](NC(=O)[C@H]1CCCCN1C)C(C)CC)[C@H](CCc1nc(C(=O)N[C@@H](Cc2ccc(O)cc2)C[C@H](C)C(=O)NNC(=O)OCCSSCCNC(=O)[C@@H](CC(=O)O)NC(=O)[C@@H](CC(=O)O)NC(=O)Cc2ccc(CNC(=O)NCCCC[C@H](NC(=O)N[C@@H](CCC(=O)O)C(=O)O)C(=O)O)cc2)cs1)C(C)C. The monoisotopic (exact) mass is 1690 g/mol. The van der Waals surface area contributed by atoms with E-state index in [4.69, 9.17) is 14.6 Å². The molecule has 1 unspecified atom stereocenters. The van der Waals surface area contributed by atoms with Crippen molar-refractivity contribution in [3.8, 4) is 5.75 Å². The summed E-state index contributed by atoms with van der Waals surface area (Å²) in [6, 6.07) is 1.97. The third kappa shape index (κ3) is 37.4. The lowest BCUT2D eigenvalue weighted by Crippen LogP contribution is -2.59. The van der Waals surface area contributed by atoms with Gasteiger partial charge in [-0.15, -0.1) is 11.3 Å². The molecule has 116 heavy (non-hydrogen) atoms. The Morgan fingerprint density at radius 1 is 0.638 bits per heavy atom. The number of carboxylic acid groups (broad SMARTS) is 5. The molecule has 0 bridgehead atoms. The molecule has 10 atom stereocenters. The number of likely N-dealkylation sites (N-methyl/N-ethyl adjacent to an activating group) is 1. The third-order valence-electron chi connectivity index (χ3n) is 18.6.